The number of H-pyrrole nitrogens is 1. The molecule has 0 bridgehead atoms. The van der Waals surface area contributed by atoms with Gasteiger partial charge in [0.15, 0.2) is 5.69 Å². The second-order valence-corrected chi connectivity index (χ2v) is 4.45. The normalized spacial score (nSPS) is 11.1. The molecular formula is C13H9N3O4. The van der Waals surface area contributed by atoms with E-state index in [4.69, 9.17) is 0 Å². The number of rotatable bonds is 2. The summed E-state index contributed by atoms with van der Waals surface area (Å²) in [7, 11) is 0. The molecule has 0 amide bonds. The van der Waals surface area contributed by atoms with Crippen molar-refractivity contribution < 1.29 is 14.8 Å². The standard InChI is InChI=1S/C13H9N3O4/c1-6-5-14-11-8-3-2-7(16(19)20)4-9(8)15-12(10(6)11)13(17)18/h2-5,14H,1H3,(H,17,18). The maximum Gasteiger partial charge on any atom is 0.355 e. The fourth-order valence-corrected chi connectivity index (χ4v) is 2.31. The van der Waals surface area contributed by atoms with Crippen LogP contribution in [0.5, 0.6) is 0 Å². The number of carboxylic acids is 1. The Morgan fingerprint density at radius 3 is 2.85 bits per heavy atom. The number of nitrogens with one attached hydrogen (secondary N) is 1. The first-order chi connectivity index (χ1) is 9.49. The Morgan fingerprint density at radius 2 is 2.20 bits per heavy atom. The number of aromatic amines is 1. The molecular weight excluding hydrogens is 262 g/mol. The van der Waals surface area contributed by atoms with Crippen molar-refractivity contribution in [2.45, 2.75) is 6.92 Å². The van der Waals surface area contributed by atoms with Crippen LogP contribution in [0.1, 0.15) is 16.1 Å². The molecule has 0 saturated carbocycles. The van der Waals surface area contributed by atoms with Crippen molar-refractivity contribution in [2.75, 3.05) is 0 Å². The third-order valence-electron chi connectivity index (χ3n) is 3.21. The molecule has 2 aromatic heterocycles. The van der Waals surface area contributed by atoms with Crippen molar-refractivity contribution in [1.82, 2.24) is 9.97 Å². The van der Waals surface area contributed by atoms with Crippen LogP contribution in [-0.2, 0) is 0 Å². The number of aromatic nitrogens is 2. The number of benzene rings is 1. The highest BCUT2D eigenvalue weighted by molar-refractivity contribution is 6.12. The molecule has 0 radical (unpaired) electrons. The zero-order valence-electron chi connectivity index (χ0n) is 10.4. The zero-order chi connectivity index (χ0) is 14.4. The highest BCUT2D eigenvalue weighted by atomic mass is 16.6. The molecule has 0 aliphatic heterocycles. The van der Waals surface area contributed by atoms with Crippen molar-refractivity contribution in [3.63, 3.8) is 0 Å². The number of nitrogens with zero attached hydrogens (tertiary/aromatic N) is 2. The van der Waals surface area contributed by atoms with Crippen LogP contribution < -0.4 is 0 Å². The van der Waals surface area contributed by atoms with Crippen molar-refractivity contribution in [3.8, 4) is 0 Å². The van der Waals surface area contributed by atoms with Gasteiger partial charge in [-0.15, -0.1) is 0 Å². The number of fused-ring (bicyclic) bond motifs is 3. The van der Waals surface area contributed by atoms with Crippen LogP contribution in [0.15, 0.2) is 24.4 Å². The number of aromatic carboxylic acids is 1. The first-order valence-corrected chi connectivity index (χ1v) is 5.78. The number of non-ortho nitro benzene ring substituents is 1. The lowest BCUT2D eigenvalue weighted by atomic mass is 10.1. The minimum absolute atomic E-state index is 0.105. The molecule has 0 aliphatic rings. The second-order valence-electron chi connectivity index (χ2n) is 4.45. The lowest BCUT2D eigenvalue weighted by Gasteiger charge is -2.04. The van der Waals surface area contributed by atoms with Crippen molar-refractivity contribution in [3.05, 3.63) is 45.8 Å². The molecule has 3 rings (SSSR count). The van der Waals surface area contributed by atoms with E-state index in [0.29, 0.717) is 16.3 Å². The van der Waals surface area contributed by atoms with Gasteiger partial charge in [-0.25, -0.2) is 9.78 Å². The van der Waals surface area contributed by atoms with Crippen molar-refractivity contribution >= 4 is 33.5 Å². The van der Waals surface area contributed by atoms with E-state index in [-0.39, 0.29) is 16.9 Å². The second kappa shape index (κ2) is 4.02. The van der Waals surface area contributed by atoms with Gasteiger partial charge in [-0.2, -0.15) is 0 Å². The maximum atomic E-state index is 11.3. The molecule has 7 nitrogen and oxygen atoms in total. The molecule has 7 heteroatoms. The number of hydrogen-bond donors (Lipinski definition) is 2. The predicted octanol–water partition coefficient (Wildman–Crippen LogP) is 2.63. The summed E-state index contributed by atoms with van der Waals surface area (Å²) in [5.74, 6) is -1.16. The minimum atomic E-state index is -1.16. The zero-order valence-corrected chi connectivity index (χ0v) is 10.4. The fourth-order valence-electron chi connectivity index (χ4n) is 2.31. The fraction of sp³-hybridized carbons (Fsp3) is 0.0769. The SMILES string of the molecule is Cc1c[nH]c2c1c(C(=O)O)nc1cc([N+](=O)[O-])ccc12. The Hall–Kier alpha value is -2.96. The van der Waals surface area contributed by atoms with E-state index in [2.05, 4.69) is 9.97 Å². The first-order valence-electron chi connectivity index (χ1n) is 5.78. The van der Waals surface area contributed by atoms with Gasteiger partial charge in [-0.3, -0.25) is 10.1 Å². The average Bonchev–Trinajstić information content (AvgIpc) is 2.79. The van der Waals surface area contributed by atoms with E-state index in [9.17, 15) is 20.0 Å². The maximum absolute atomic E-state index is 11.3. The number of nitro benzene ring substituents is 1. The molecule has 0 spiro atoms. The number of carboxylic acid groups (broad SMARTS) is 1. The van der Waals surface area contributed by atoms with Crippen molar-refractivity contribution in [2.24, 2.45) is 0 Å². The average molecular weight is 271 g/mol. The summed E-state index contributed by atoms with van der Waals surface area (Å²) in [5.41, 5.74) is 1.45. The largest absolute Gasteiger partial charge is 0.476 e. The van der Waals surface area contributed by atoms with E-state index in [1.807, 2.05) is 0 Å². The van der Waals surface area contributed by atoms with Gasteiger partial charge >= 0.3 is 5.97 Å². The topological polar surface area (TPSA) is 109 Å². The smallest absolute Gasteiger partial charge is 0.355 e. The molecule has 0 unspecified atom stereocenters. The summed E-state index contributed by atoms with van der Waals surface area (Å²) >= 11 is 0. The quantitative estimate of drug-likeness (QED) is 0.550. The molecule has 1 aromatic carbocycles. The summed E-state index contributed by atoms with van der Waals surface area (Å²) in [6.07, 6.45) is 1.69. The minimum Gasteiger partial charge on any atom is -0.476 e. The van der Waals surface area contributed by atoms with Gasteiger partial charge < -0.3 is 10.1 Å². The molecule has 0 atom stereocenters. The molecule has 0 saturated heterocycles. The summed E-state index contributed by atoms with van der Waals surface area (Å²) in [6, 6.07) is 4.22. The Bertz CT molecular complexity index is 882. The monoisotopic (exact) mass is 271 g/mol. The van der Waals surface area contributed by atoms with Crippen LogP contribution in [0.4, 0.5) is 5.69 Å². The highest BCUT2D eigenvalue weighted by Gasteiger charge is 2.18. The number of pyridine rings is 1. The Morgan fingerprint density at radius 1 is 1.45 bits per heavy atom. The van der Waals surface area contributed by atoms with E-state index in [1.54, 1.807) is 19.2 Å². The predicted molar refractivity (Wildman–Crippen MR) is 72.0 cm³/mol. The van der Waals surface area contributed by atoms with Gasteiger partial charge in [-0.05, 0) is 18.6 Å². The van der Waals surface area contributed by atoms with E-state index in [1.165, 1.54) is 12.1 Å². The third-order valence-corrected chi connectivity index (χ3v) is 3.21. The van der Waals surface area contributed by atoms with Crippen LogP contribution in [0.25, 0.3) is 21.8 Å². The van der Waals surface area contributed by atoms with Gasteiger partial charge in [0, 0.05) is 29.1 Å². The van der Waals surface area contributed by atoms with Crippen LogP contribution in [0.2, 0.25) is 0 Å². The Kier molecular flexibility index (Phi) is 2.43. The van der Waals surface area contributed by atoms with Crippen LogP contribution in [0, 0.1) is 17.0 Å². The molecule has 0 fully saturated rings. The highest BCUT2D eigenvalue weighted by Crippen LogP contribution is 2.30. The Labute approximate surface area is 112 Å². The molecule has 2 heterocycles. The molecule has 3 aromatic rings. The molecule has 0 aliphatic carbocycles. The van der Waals surface area contributed by atoms with Gasteiger partial charge in [0.1, 0.15) is 0 Å². The summed E-state index contributed by atoms with van der Waals surface area (Å²) in [5, 5.41) is 21.2. The van der Waals surface area contributed by atoms with Gasteiger partial charge in [0.05, 0.1) is 16.0 Å². The van der Waals surface area contributed by atoms with E-state index in [0.717, 1.165) is 5.56 Å². The summed E-state index contributed by atoms with van der Waals surface area (Å²) < 4.78 is 0. The Balaban J connectivity index is 2.49. The number of hydrogen-bond acceptors (Lipinski definition) is 4. The van der Waals surface area contributed by atoms with E-state index >= 15 is 0 Å². The lowest BCUT2D eigenvalue weighted by molar-refractivity contribution is -0.384. The van der Waals surface area contributed by atoms with E-state index < -0.39 is 10.9 Å². The molecule has 20 heavy (non-hydrogen) atoms. The van der Waals surface area contributed by atoms with Gasteiger partial charge in [-0.1, -0.05) is 0 Å². The third kappa shape index (κ3) is 1.60. The molecule has 100 valence electrons. The number of nitro groups is 1. The summed E-state index contributed by atoms with van der Waals surface area (Å²) in [6.45, 7) is 1.78. The van der Waals surface area contributed by atoms with Gasteiger partial charge in [0.25, 0.3) is 5.69 Å². The van der Waals surface area contributed by atoms with Crippen LogP contribution in [0.3, 0.4) is 0 Å². The summed E-state index contributed by atoms with van der Waals surface area (Å²) in [4.78, 5) is 28.6. The van der Waals surface area contributed by atoms with Crippen LogP contribution >= 0.6 is 0 Å². The van der Waals surface area contributed by atoms with Crippen LogP contribution in [-0.4, -0.2) is 26.0 Å². The van der Waals surface area contributed by atoms with Crippen molar-refractivity contribution in [1.29, 1.82) is 0 Å². The lowest BCUT2D eigenvalue weighted by Crippen LogP contribution is -2.02. The van der Waals surface area contributed by atoms with Gasteiger partial charge in [0.2, 0.25) is 0 Å². The number of aryl methyl sites for hydroxylation is 1. The number of carbonyl (C=O) groups is 1. The molecule has 2 N–H and O–H groups in total. The first kappa shape index (κ1) is 12.1.